The number of benzene rings is 1. The number of Topliss-reactive ketones (excluding diaryl/α,β-unsaturated/α-hetero) is 1. The van der Waals surface area contributed by atoms with Crippen LogP contribution in [0.1, 0.15) is 10.4 Å². The van der Waals surface area contributed by atoms with Crippen molar-refractivity contribution in [2.75, 3.05) is 0 Å². The van der Waals surface area contributed by atoms with E-state index in [2.05, 4.69) is 20.9 Å². The van der Waals surface area contributed by atoms with E-state index in [0.717, 1.165) is 6.20 Å². The van der Waals surface area contributed by atoms with Crippen LogP contribution in [0.25, 0.3) is 10.9 Å². The SMILES string of the molecule is O=C(c1c[nH]c2cc(Cl)c(Br)cc12)C(F)(F)F. The quantitative estimate of drug-likeness (QED) is 0.777. The van der Waals surface area contributed by atoms with Gasteiger partial charge in [0.05, 0.1) is 10.6 Å². The molecular formula is C10H4BrClF3NO. The van der Waals surface area contributed by atoms with Crippen LogP contribution in [-0.2, 0) is 0 Å². The number of rotatable bonds is 1. The number of hydrogen-bond donors (Lipinski definition) is 1. The highest BCUT2D eigenvalue weighted by molar-refractivity contribution is 9.10. The van der Waals surface area contributed by atoms with Crippen molar-refractivity contribution in [1.29, 1.82) is 0 Å². The van der Waals surface area contributed by atoms with Gasteiger partial charge in [-0.3, -0.25) is 4.79 Å². The van der Waals surface area contributed by atoms with Gasteiger partial charge in [-0.1, -0.05) is 11.6 Å². The lowest BCUT2D eigenvalue weighted by Crippen LogP contribution is -2.22. The second-order valence-electron chi connectivity index (χ2n) is 3.34. The smallest absolute Gasteiger partial charge is 0.360 e. The summed E-state index contributed by atoms with van der Waals surface area (Å²) in [4.78, 5) is 13.7. The van der Waals surface area contributed by atoms with Crippen molar-refractivity contribution in [2.24, 2.45) is 0 Å². The average molecular weight is 326 g/mol. The molecule has 1 N–H and O–H groups in total. The molecule has 0 aliphatic carbocycles. The van der Waals surface area contributed by atoms with E-state index < -0.39 is 17.5 Å². The Bertz CT molecular complexity index is 605. The van der Waals surface area contributed by atoms with Crippen LogP contribution in [0.2, 0.25) is 5.02 Å². The molecule has 1 aromatic heterocycles. The maximum absolute atomic E-state index is 12.3. The van der Waals surface area contributed by atoms with E-state index in [1.165, 1.54) is 12.1 Å². The van der Waals surface area contributed by atoms with Crippen LogP contribution in [-0.4, -0.2) is 16.9 Å². The molecule has 0 fully saturated rings. The Balaban J connectivity index is 2.65. The summed E-state index contributed by atoms with van der Waals surface area (Å²) < 4.78 is 37.4. The predicted molar refractivity (Wildman–Crippen MR) is 61.4 cm³/mol. The number of hydrogen-bond acceptors (Lipinski definition) is 1. The van der Waals surface area contributed by atoms with E-state index in [-0.39, 0.29) is 5.39 Å². The van der Waals surface area contributed by atoms with Gasteiger partial charge in [0.2, 0.25) is 0 Å². The molecule has 0 atom stereocenters. The van der Waals surface area contributed by atoms with Gasteiger partial charge in [-0.05, 0) is 28.1 Å². The molecule has 1 heterocycles. The largest absolute Gasteiger partial charge is 0.454 e. The maximum Gasteiger partial charge on any atom is 0.454 e. The third-order valence-electron chi connectivity index (χ3n) is 2.22. The summed E-state index contributed by atoms with van der Waals surface area (Å²) in [6.45, 7) is 0. The molecule has 0 aliphatic heterocycles. The number of aromatic nitrogens is 1. The van der Waals surface area contributed by atoms with Crippen LogP contribution in [0.5, 0.6) is 0 Å². The number of carbonyl (C=O) groups is 1. The maximum atomic E-state index is 12.3. The number of ketones is 1. The number of H-pyrrole nitrogens is 1. The van der Waals surface area contributed by atoms with E-state index in [1.54, 1.807) is 0 Å². The summed E-state index contributed by atoms with van der Waals surface area (Å²) in [7, 11) is 0. The van der Waals surface area contributed by atoms with Crippen molar-refractivity contribution in [3.63, 3.8) is 0 Å². The molecule has 2 rings (SSSR count). The van der Waals surface area contributed by atoms with Crippen LogP contribution in [0, 0.1) is 0 Å². The highest BCUT2D eigenvalue weighted by Gasteiger charge is 2.40. The van der Waals surface area contributed by atoms with Gasteiger partial charge >= 0.3 is 6.18 Å². The minimum atomic E-state index is -4.89. The topological polar surface area (TPSA) is 32.9 Å². The monoisotopic (exact) mass is 325 g/mol. The predicted octanol–water partition coefficient (Wildman–Crippen LogP) is 4.33. The Hall–Kier alpha value is -1.01. The first-order valence-electron chi connectivity index (χ1n) is 4.38. The summed E-state index contributed by atoms with van der Waals surface area (Å²) in [6.07, 6.45) is -3.86. The molecular weight excluding hydrogens is 322 g/mol. The fourth-order valence-electron chi connectivity index (χ4n) is 1.46. The van der Waals surface area contributed by atoms with E-state index in [4.69, 9.17) is 11.6 Å². The van der Waals surface area contributed by atoms with Crippen molar-refractivity contribution >= 4 is 44.2 Å². The lowest BCUT2D eigenvalue weighted by atomic mass is 10.1. The number of halogens is 5. The zero-order valence-electron chi connectivity index (χ0n) is 8.03. The van der Waals surface area contributed by atoms with E-state index >= 15 is 0 Å². The van der Waals surface area contributed by atoms with Crippen LogP contribution < -0.4 is 0 Å². The Morgan fingerprint density at radius 1 is 1.35 bits per heavy atom. The summed E-state index contributed by atoms with van der Waals surface area (Å²) in [6, 6.07) is 2.83. The molecule has 0 saturated heterocycles. The lowest BCUT2D eigenvalue weighted by molar-refractivity contribution is -0.0884. The van der Waals surface area contributed by atoms with E-state index in [9.17, 15) is 18.0 Å². The van der Waals surface area contributed by atoms with Gasteiger partial charge in [0.1, 0.15) is 0 Å². The number of carbonyl (C=O) groups excluding carboxylic acids is 1. The fourth-order valence-corrected chi connectivity index (χ4v) is 1.96. The summed E-state index contributed by atoms with van der Waals surface area (Å²) in [5.74, 6) is -1.88. The molecule has 0 aliphatic rings. The highest BCUT2D eigenvalue weighted by atomic mass is 79.9. The van der Waals surface area contributed by atoms with Crippen molar-refractivity contribution in [3.8, 4) is 0 Å². The molecule has 7 heteroatoms. The van der Waals surface area contributed by atoms with E-state index in [1.807, 2.05) is 0 Å². The minimum Gasteiger partial charge on any atom is -0.360 e. The Kier molecular flexibility index (Phi) is 2.95. The molecule has 0 unspecified atom stereocenters. The Labute approximate surface area is 107 Å². The normalized spacial score (nSPS) is 12.1. The first kappa shape index (κ1) is 12.4. The summed E-state index contributed by atoms with van der Waals surface area (Å²) in [5, 5.41) is 0.536. The van der Waals surface area contributed by atoms with Gasteiger partial charge in [-0.2, -0.15) is 13.2 Å². The molecule has 0 saturated carbocycles. The third-order valence-corrected chi connectivity index (χ3v) is 3.42. The number of alkyl halides is 3. The van der Waals surface area contributed by atoms with Crippen LogP contribution in [0.15, 0.2) is 22.8 Å². The van der Waals surface area contributed by atoms with Gasteiger partial charge in [-0.15, -0.1) is 0 Å². The average Bonchev–Trinajstić information content (AvgIpc) is 2.59. The van der Waals surface area contributed by atoms with Crippen molar-refractivity contribution in [2.45, 2.75) is 6.18 Å². The first-order valence-corrected chi connectivity index (χ1v) is 5.55. The molecule has 0 radical (unpaired) electrons. The van der Waals surface area contributed by atoms with Crippen LogP contribution in [0.3, 0.4) is 0 Å². The zero-order chi connectivity index (χ0) is 12.8. The number of aromatic amines is 1. The van der Waals surface area contributed by atoms with Crippen molar-refractivity contribution < 1.29 is 18.0 Å². The molecule has 2 aromatic rings. The molecule has 0 bridgehead atoms. The first-order chi connectivity index (χ1) is 7.80. The van der Waals surface area contributed by atoms with Gasteiger partial charge < -0.3 is 4.98 Å². The second-order valence-corrected chi connectivity index (χ2v) is 4.60. The molecule has 0 spiro atoms. The third kappa shape index (κ3) is 2.19. The summed E-state index contributed by atoms with van der Waals surface area (Å²) in [5.41, 5.74) is -0.0318. The van der Waals surface area contributed by atoms with E-state index in [0.29, 0.717) is 15.0 Å². The number of nitrogens with one attached hydrogen (secondary N) is 1. The van der Waals surface area contributed by atoms with Gasteiger partial charge in [0.15, 0.2) is 0 Å². The zero-order valence-corrected chi connectivity index (χ0v) is 10.4. The molecule has 1 aromatic carbocycles. The Morgan fingerprint density at radius 3 is 2.59 bits per heavy atom. The number of fused-ring (bicyclic) bond motifs is 1. The minimum absolute atomic E-state index is 0.184. The fraction of sp³-hybridized carbons (Fsp3) is 0.100. The molecule has 0 amide bonds. The second kappa shape index (κ2) is 4.03. The highest BCUT2D eigenvalue weighted by Crippen LogP contribution is 2.32. The van der Waals surface area contributed by atoms with Crippen LogP contribution >= 0.6 is 27.5 Å². The molecule has 2 nitrogen and oxygen atoms in total. The summed E-state index contributed by atoms with van der Waals surface area (Å²) >= 11 is 8.89. The standard InChI is InChI=1S/C10H4BrClF3NO/c11-6-1-4-5(9(17)10(13,14)15)3-16-8(4)2-7(6)12/h1-3,16H. The van der Waals surface area contributed by atoms with Crippen molar-refractivity contribution in [1.82, 2.24) is 4.98 Å². The molecule has 17 heavy (non-hydrogen) atoms. The molecule has 90 valence electrons. The van der Waals surface area contributed by atoms with Crippen LogP contribution in [0.4, 0.5) is 13.2 Å². The Morgan fingerprint density at radius 2 is 2.00 bits per heavy atom. The van der Waals surface area contributed by atoms with Gasteiger partial charge in [-0.25, -0.2) is 0 Å². The lowest BCUT2D eigenvalue weighted by Gasteiger charge is -2.04. The van der Waals surface area contributed by atoms with Crippen molar-refractivity contribution in [3.05, 3.63) is 33.4 Å². The van der Waals surface area contributed by atoms with Gasteiger partial charge in [0, 0.05) is 21.6 Å². The van der Waals surface area contributed by atoms with Gasteiger partial charge in [0.25, 0.3) is 5.78 Å².